The molecule has 2 fully saturated rings. The summed E-state index contributed by atoms with van der Waals surface area (Å²) in [5.74, 6) is 0. The summed E-state index contributed by atoms with van der Waals surface area (Å²) in [5, 5.41) is 8.70. The summed E-state index contributed by atoms with van der Waals surface area (Å²) in [5.41, 5.74) is 0.523. The van der Waals surface area contributed by atoms with E-state index in [4.69, 9.17) is 27.9 Å². The third-order valence-electron chi connectivity index (χ3n) is 6.78. The molecule has 9 heteroatoms. The van der Waals surface area contributed by atoms with Gasteiger partial charge in [0.1, 0.15) is 5.69 Å². The molecule has 1 saturated heterocycles. The summed E-state index contributed by atoms with van der Waals surface area (Å²) in [4.78, 5) is 0. The zero-order chi connectivity index (χ0) is 20.4. The first-order chi connectivity index (χ1) is 13.8. The number of nitrogens with one attached hydrogen (secondary N) is 1. The van der Waals surface area contributed by atoms with Crippen molar-refractivity contribution in [2.45, 2.75) is 44.0 Å². The summed E-state index contributed by atoms with van der Waals surface area (Å²) in [7, 11) is 0. The SMILES string of the molecule is FC(F)(F)c1c2c(nn1CC13CNCCC1(c1ccc(Cl)c(Cl)c1)C3)CCOC2. The van der Waals surface area contributed by atoms with Crippen molar-refractivity contribution in [3.8, 4) is 0 Å². The number of hydrogen-bond acceptors (Lipinski definition) is 3. The Bertz CT molecular complexity index is 977. The van der Waals surface area contributed by atoms with Crippen LogP contribution in [0.25, 0.3) is 0 Å². The molecule has 5 rings (SSSR count). The van der Waals surface area contributed by atoms with Crippen LogP contribution in [-0.4, -0.2) is 29.5 Å². The van der Waals surface area contributed by atoms with E-state index in [0.717, 1.165) is 24.9 Å². The molecule has 1 aromatic heterocycles. The minimum absolute atomic E-state index is 0.0344. The average Bonchev–Trinajstić information content (AvgIpc) is 3.19. The first kappa shape index (κ1) is 19.7. The number of rotatable bonds is 3. The summed E-state index contributed by atoms with van der Waals surface area (Å²) >= 11 is 12.3. The van der Waals surface area contributed by atoms with Gasteiger partial charge in [-0.1, -0.05) is 29.3 Å². The van der Waals surface area contributed by atoms with Crippen LogP contribution < -0.4 is 5.32 Å². The van der Waals surface area contributed by atoms with Gasteiger partial charge in [-0.05, 0) is 37.1 Å². The van der Waals surface area contributed by atoms with Crippen molar-refractivity contribution in [1.82, 2.24) is 15.1 Å². The van der Waals surface area contributed by atoms with Crippen molar-refractivity contribution < 1.29 is 17.9 Å². The number of ether oxygens (including phenoxy) is 1. The maximum absolute atomic E-state index is 13.9. The second kappa shape index (κ2) is 6.61. The zero-order valence-electron chi connectivity index (χ0n) is 15.6. The number of fused-ring (bicyclic) bond motifs is 2. The Balaban J connectivity index is 1.55. The van der Waals surface area contributed by atoms with E-state index in [-0.39, 0.29) is 29.5 Å². The minimum atomic E-state index is -4.47. The molecule has 2 unspecified atom stereocenters. The molecule has 3 aliphatic rings. The topological polar surface area (TPSA) is 39.1 Å². The third-order valence-corrected chi connectivity index (χ3v) is 7.52. The molecule has 0 radical (unpaired) electrons. The van der Waals surface area contributed by atoms with Crippen molar-refractivity contribution in [2.24, 2.45) is 5.41 Å². The average molecular weight is 446 g/mol. The van der Waals surface area contributed by atoms with Crippen LogP contribution in [0.2, 0.25) is 10.0 Å². The smallest absolute Gasteiger partial charge is 0.376 e. The van der Waals surface area contributed by atoms with E-state index in [1.165, 1.54) is 4.68 Å². The lowest BCUT2D eigenvalue weighted by molar-refractivity contribution is -0.146. The molecule has 3 heterocycles. The summed E-state index contributed by atoms with van der Waals surface area (Å²) in [6.07, 6.45) is -2.42. The molecular weight excluding hydrogens is 426 g/mol. The van der Waals surface area contributed by atoms with Crippen LogP contribution in [0.5, 0.6) is 0 Å². The van der Waals surface area contributed by atoms with E-state index < -0.39 is 11.9 Å². The van der Waals surface area contributed by atoms with E-state index >= 15 is 0 Å². The van der Waals surface area contributed by atoms with Gasteiger partial charge in [0, 0.05) is 35.9 Å². The molecule has 4 nitrogen and oxygen atoms in total. The fourth-order valence-corrected chi connectivity index (χ4v) is 5.62. The van der Waals surface area contributed by atoms with Crippen LogP contribution in [0.1, 0.15) is 35.4 Å². The highest BCUT2D eigenvalue weighted by Crippen LogP contribution is 2.68. The maximum Gasteiger partial charge on any atom is 0.433 e. The number of alkyl halides is 3. The highest BCUT2D eigenvalue weighted by atomic mass is 35.5. The number of halogens is 5. The molecule has 29 heavy (non-hydrogen) atoms. The first-order valence-electron chi connectivity index (χ1n) is 9.66. The lowest BCUT2D eigenvalue weighted by atomic mass is 9.81. The van der Waals surface area contributed by atoms with Gasteiger partial charge >= 0.3 is 6.18 Å². The highest BCUT2D eigenvalue weighted by Gasteiger charge is 2.69. The third kappa shape index (κ3) is 3.00. The Labute approximate surface area is 176 Å². The van der Waals surface area contributed by atoms with Gasteiger partial charge in [0.05, 0.1) is 29.0 Å². The van der Waals surface area contributed by atoms with Gasteiger partial charge in [0.2, 0.25) is 0 Å². The normalized spacial score (nSPS) is 28.7. The lowest BCUT2D eigenvalue weighted by Gasteiger charge is -2.32. The number of hydrogen-bond donors (Lipinski definition) is 1. The standard InChI is InChI=1S/C20H20Cl2F3N3O/c21-14-2-1-12(7-15(14)22)19-4-5-26-10-18(19,9-19)11-28-17(20(23,24)25)13-8-29-6-3-16(13)27-28/h1-2,7,26H,3-6,8-11H2. The van der Waals surface area contributed by atoms with E-state index in [0.29, 0.717) is 35.3 Å². The molecule has 1 aliphatic carbocycles. The van der Waals surface area contributed by atoms with E-state index in [1.54, 1.807) is 6.07 Å². The van der Waals surface area contributed by atoms with Crippen LogP contribution in [0, 0.1) is 5.41 Å². The quantitative estimate of drug-likeness (QED) is 0.749. The molecule has 0 bridgehead atoms. The van der Waals surface area contributed by atoms with Crippen LogP contribution in [0.3, 0.4) is 0 Å². The van der Waals surface area contributed by atoms with Crippen molar-refractivity contribution in [1.29, 1.82) is 0 Å². The van der Waals surface area contributed by atoms with Crippen LogP contribution >= 0.6 is 23.2 Å². The predicted molar refractivity (Wildman–Crippen MR) is 103 cm³/mol. The predicted octanol–water partition coefficient (Wildman–Crippen LogP) is 4.60. The molecule has 1 saturated carbocycles. The van der Waals surface area contributed by atoms with E-state index in [2.05, 4.69) is 10.4 Å². The first-order valence-corrected chi connectivity index (χ1v) is 10.4. The van der Waals surface area contributed by atoms with Gasteiger partial charge < -0.3 is 10.1 Å². The molecule has 2 aliphatic heterocycles. The van der Waals surface area contributed by atoms with Gasteiger partial charge in [0.25, 0.3) is 0 Å². The van der Waals surface area contributed by atoms with Gasteiger partial charge in [-0.25, -0.2) is 0 Å². The van der Waals surface area contributed by atoms with E-state index in [9.17, 15) is 13.2 Å². The number of nitrogens with zero attached hydrogens (tertiary/aromatic N) is 2. The Morgan fingerprint density at radius 1 is 1.24 bits per heavy atom. The second-order valence-electron chi connectivity index (χ2n) is 8.33. The summed E-state index contributed by atoms with van der Waals surface area (Å²) < 4.78 is 48.2. The van der Waals surface area contributed by atoms with Crippen LogP contribution in [0.15, 0.2) is 18.2 Å². The number of aromatic nitrogens is 2. The fraction of sp³-hybridized carbons (Fsp3) is 0.550. The Kier molecular flexibility index (Phi) is 4.48. The Morgan fingerprint density at radius 3 is 2.83 bits per heavy atom. The van der Waals surface area contributed by atoms with Crippen molar-refractivity contribution in [3.63, 3.8) is 0 Å². The largest absolute Gasteiger partial charge is 0.433 e. The summed E-state index contributed by atoms with van der Waals surface area (Å²) in [6.45, 7) is 2.04. The van der Waals surface area contributed by atoms with Crippen LogP contribution in [0.4, 0.5) is 13.2 Å². The van der Waals surface area contributed by atoms with Gasteiger partial charge in [-0.2, -0.15) is 18.3 Å². The molecule has 2 atom stereocenters. The molecule has 1 N–H and O–H groups in total. The second-order valence-corrected chi connectivity index (χ2v) is 9.14. The highest BCUT2D eigenvalue weighted by molar-refractivity contribution is 6.42. The van der Waals surface area contributed by atoms with Crippen molar-refractivity contribution in [3.05, 3.63) is 50.8 Å². The molecule has 156 valence electrons. The Morgan fingerprint density at radius 2 is 2.07 bits per heavy atom. The van der Waals surface area contributed by atoms with Crippen molar-refractivity contribution >= 4 is 23.2 Å². The fourth-order valence-electron chi connectivity index (χ4n) is 5.32. The maximum atomic E-state index is 13.9. The van der Waals surface area contributed by atoms with Crippen LogP contribution in [-0.2, 0) is 35.9 Å². The van der Waals surface area contributed by atoms with Gasteiger partial charge in [0.15, 0.2) is 0 Å². The monoisotopic (exact) mass is 445 g/mol. The number of benzene rings is 1. The Hall–Kier alpha value is -1.28. The molecular formula is C20H20Cl2F3N3O. The zero-order valence-corrected chi connectivity index (χ0v) is 17.1. The number of piperidine rings is 1. The lowest BCUT2D eigenvalue weighted by Crippen LogP contribution is -2.41. The molecule has 0 amide bonds. The van der Waals surface area contributed by atoms with Gasteiger partial charge in [-0.3, -0.25) is 4.68 Å². The van der Waals surface area contributed by atoms with Gasteiger partial charge in [-0.15, -0.1) is 0 Å². The summed E-state index contributed by atoms with van der Waals surface area (Å²) in [6, 6.07) is 5.58. The molecule has 1 aromatic carbocycles. The molecule has 2 aromatic rings. The molecule has 0 spiro atoms. The minimum Gasteiger partial charge on any atom is -0.376 e. The van der Waals surface area contributed by atoms with Crippen molar-refractivity contribution in [2.75, 3.05) is 19.7 Å². The van der Waals surface area contributed by atoms with E-state index in [1.807, 2.05) is 12.1 Å².